The predicted octanol–water partition coefficient (Wildman–Crippen LogP) is 2.34. The third-order valence-electron chi connectivity index (χ3n) is 1.78. The number of nitrogens with two attached hydrogens (primary N) is 1. The van der Waals surface area contributed by atoms with E-state index in [-0.39, 0.29) is 12.4 Å². The van der Waals surface area contributed by atoms with Crippen molar-refractivity contribution in [2.75, 3.05) is 12.3 Å². The van der Waals surface area contributed by atoms with Gasteiger partial charge in [-0.25, -0.2) is 0 Å². The van der Waals surface area contributed by atoms with E-state index in [9.17, 15) is 4.79 Å². The zero-order valence-electron chi connectivity index (χ0n) is 8.92. The number of nitrogen functional groups attached to an aromatic ring is 1. The summed E-state index contributed by atoms with van der Waals surface area (Å²) in [5.74, 6) is 5.25. The lowest BCUT2D eigenvalue weighted by molar-refractivity contribution is -0.141. The molecule has 0 radical (unpaired) electrons. The number of anilines is 1. The minimum Gasteiger partial charge on any atom is -0.465 e. The van der Waals surface area contributed by atoms with Crippen molar-refractivity contribution in [1.29, 1.82) is 0 Å². The Morgan fingerprint density at radius 2 is 2.31 bits per heavy atom. The van der Waals surface area contributed by atoms with Crippen molar-refractivity contribution < 1.29 is 9.53 Å². The minimum absolute atomic E-state index is 0.0831. The molecule has 1 rings (SSSR count). The van der Waals surface area contributed by atoms with Crippen LogP contribution in [0.4, 0.5) is 5.69 Å². The second-order valence-corrected chi connectivity index (χ2v) is 3.93. The first-order chi connectivity index (χ1) is 7.63. The number of carbonyl (C=O) groups is 1. The van der Waals surface area contributed by atoms with E-state index in [2.05, 4.69) is 27.8 Å². The zero-order chi connectivity index (χ0) is 12.0. The first kappa shape index (κ1) is 12.6. The topological polar surface area (TPSA) is 52.3 Å². The summed E-state index contributed by atoms with van der Waals surface area (Å²) in [4.78, 5) is 11.0. The molecule has 2 N–H and O–H groups in total. The molecule has 0 spiro atoms. The Morgan fingerprint density at radius 3 is 3.00 bits per heavy atom. The molecule has 0 unspecified atom stereocenters. The van der Waals surface area contributed by atoms with E-state index in [0.29, 0.717) is 17.9 Å². The van der Waals surface area contributed by atoms with Crippen LogP contribution < -0.4 is 5.73 Å². The van der Waals surface area contributed by atoms with Gasteiger partial charge in [-0.1, -0.05) is 27.8 Å². The number of halogens is 1. The Kier molecular flexibility index (Phi) is 4.87. The number of carbonyl (C=O) groups excluding carboxylic acids is 1. The van der Waals surface area contributed by atoms with Crippen molar-refractivity contribution in [1.82, 2.24) is 0 Å². The minimum atomic E-state index is -0.316. The van der Waals surface area contributed by atoms with Crippen LogP contribution in [-0.2, 0) is 9.53 Å². The van der Waals surface area contributed by atoms with E-state index in [4.69, 9.17) is 10.5 Å². The summed E-state index contributed by atoms with van der Waals surface area (Å²) in [6.45, 7) is 2.14. The second kappa shape index (κ2) is 6.19. The summed E-state index contributed by atoms with van der Waals surface area (Å²) < 4.78 is 5.66. The molecule has 0 atom stereocenters. The number of esters is 1. The van der Waals surface area contributed by atoms with Crippen molar-refractivity contribution in [2.45, 2.75) is 13.3 Å². The van der Waals surface area contributed by atoms with Crippen LogP contribution in [0.25, 0.3) is 0 Å². The summed E-state index contributed by atoms with van der Waals surface area (Å²) in [6, 6.07) is 5.41. The van der Waals surface area contributed by atoms with E-state index in [1.165, 1.54) is 0 Å². The molecule has 0 heterocycles. The van der Waals surface area contributed by atoms with Gasteiger partial charge in [0.05, 0.1) is 6.61 Å². The average Bonchev–Trinajstić information content (AvgIpc) is 2.23. The Labute approximate surface area is 103 Å². The molecular formula is C12H12BrNO2. The number of rotatable bonds is 2. The molecule has 0 aliphatic rings. The van der Waals surface area contributed by atoms with Gasteiger partial charge in [-0.15, -0.1) is 0 Å². The van der Waals surface area contributed by atoms with E-state index in [1.807, 2.05) is 12.1 Å². The van der Waals surface area contributed by atoms with Crippen LogP contribution in [-0.4, -0.2) is 12.6 Å². The van der Waals surface area contributed by atoms with Crippen LogP contribution in [0.15, 0.2) is 22.7 Å². The van der Waals surface area contributed by atoms with Gasteiger partial charge in [-0.05, 0) is 25.1 Å². The smallest absolute Gasteiger partial charge is 0.317 e. The van der Waals surface area contributed by atoms with Crippen LogP contribution >= 0.6 is 15.9 Å². The van der Waals surface area contributed by atoms with E-state index in [1.54, 1.807) is 13.0 Å². The lowest BCUT2D eigenvalue weighted by atomic mass is 10.2. The van der Waals surface area contributed by atoms with Crippen molar-refractivity contribution >= 4 is 27.6 Å². The first-order valence-corrected chi connectivity index (χ1v) is 5.62. The summed E-state index contributed by atoms with van der Waals surface area (Å²) in [5, 5.41) is 0. The second-order valence-electron chi connectivity index (χ2n) is 3.02. The lowest BCUT2D eigenvalue weighted by Crippen LogP contribution is -2.01. The van der Waals surface area contributed by atoms with Crippen LogP contribution in [0.1, 0.15) is 18.9 Å². The largest absolute Gasteiger partial charge is 0.465 e. The molecule has 0 aliphatic heterocycles. The number of hydrogen-bond acceptors (Lipinski definition) is 3. The van der Waals surface area contributed by atoms with Crippen molar-refractivity contribution in [3.63, 3.8) is 0 Å². The fraction of sp³-hybridized carbons (Fsp3) is 0.250. The molecule has 4 heteroatoms. The highest BCUT2D eigenvalue weighted by Gasteiger charge is 1.98. The molecule has 0 aliphatic carbocycles. The summed E-state index contributed by atoms with van der Waals surface area (Å²) >= 11 is 3.33. The summed E-state index contributed by atoms with van der Waals surface area (Å²) in [6.07, 6.45) is 0.0831. The van der Waals surface area contributed by atoms with Gasteiger partial charge in [-0.2, -0.15) is 0 Å². The fourth-order valence-corrected chi connectivity index (χ4v) is 1.42. The van der Waals surface area contributed by atoms with Crippen LogP contribution in [0.3, 0.4) is 0 Å². The SMILES string of the molecule is CCOC(=O)CC#Cc1cc(Br)ccc1N. The highest BCUT2D eigenvalue weighted by Crippen LogP contribution is 2.17. The van der Waals surface area contributed by atoms with Gasteiger partial charge >= 0.3 is 5.97 Å². The van der Waals surface area contributed by atoms with Crippen molar-refractivity contribution in [2.24, 2.45) is 0 Å². The first-order valence-electron chi connectivity index (χ1n) is 4.83. The maximum absolute atomic E-state index is 11.0. The molecule has 0 amide bonds. The molecule has 16 heavy (non-hydrogen) atoms. The summed E-state index contributed by atoms with van der Waals surface area (Å²) in [5.41, 5.74) is 7.03. The van der Waals surface area contributed by atoms with Crippen LogP contribution in [0.5, 0.6) is 0 Å². The van der Waals surface area contributed by atoms with Gasteiger partial charge in [0.2, 0.25) is 0 Å². The molecule has 1 aromatic rings. The van der Waals surface area contributed by atoms with E-state index in [0.717, 1.165) is 4.47 Å². The Hall–Kier alpha value is -1.47. The number of hydrogen-bond donors (Lipinski definition) is 1. The maximum atomic E-state index is 11.0. The normalized spacial score (nSPS) is 9.12. The van der Waals surface area contributed by atoms with E-state index < -0.39 is 0 Å². The van der Waals surface area contributed by atoms with E-state index >= 15 is 0 Å². The molecule has 0 saturated heterocycles. The number of benzene rings is 1. The fourth-order valence-electron chi connectivity index (χ4n) is 1.06. The Bertz CT molecular complexity index is 446. The molecular weight excluding hydrogens is 270 g/mol. The van der Waals surface area contributed by atoms with Gasteiger partial charge in [-0.3, -0.25) is 4.79 Å². The van der Waals surface area contributed by atoms with Gasteiger partial charge in [0.15, 0.2) is 0 Å². The highest BCUT2D eigenvalue weighted by atomic mass is 79.9. The monoisotopic (exact) mass is 281 g/mol. The highest BCUT2D eigenvalue weighted by molar-refractivity contribution is 9.10. The van der Waals surface area contributed by atoms with Gasteiger partial charge in [0.1, 0.15) is 6.42 Å². The van der Waals surface area contributed by atoms with Gasteiger partial charge < -0.3 is 10.5 Å². The molecule has 84 valence electrons. The maximum Gasteiger partial charge on any atom is 0.317 e. The molecule has 0 bridgehead atoms. The van der Waals surface area contributed by atoms with Gasteiger partial charge in [0.25, 0.3) is 0 Å². The predicted molar refractivity (Wildman–Crippen MR) is 66.7 cm³/mol. The van der Waals surface area contributed by atoms with Gasteiger partial charge in [0, 0.05) is 15.7 Å². The van der Waals surface area contributed by atoms with Crippen molar-refractivity contribution in [3.8, 4) is 11.8 Å². The molecule has 0 fully saturated rings. The standard InChI is InChI=1S/C12H12BrNO2/c1-2-16-12(15)5-3-4-9-8-10(13)6-7-11(9)14/h6-8H,2,5,14H2,1H3. The van der Waals surface area contributed by atoms with Crippen LogP contribution in [0.2, 0.25) is 0 Å². The Morgan fingerprint density at radius 1 is 1.56 bits per heavy atom. The van der Waals surface area contributed by atoms with Crippen LogP contribution in [0, 0.1) is 11.8 Å². The molecule has 0 aromatic heterocycles. The zero-order valence-corrected chi connectivity index (χ0v) is 10.5. The average molecular weight is 282 g/mol. The number of ether oxygens (including phenoxy) is 1. The quantitative estimate of drug-likeness (QED) is 0.514. The third-order valence-corrected chi connectivity index (χ3v) is 2.27. The molecule has 0 saturated carbocycles. The van der Waals surface area contributed by atoms with Crippen molar-refractivity contribution in [3.05, 3.63) is 28.2 Å². The molecule has 1 aromatic carbocycles. The lowest BCUT2D eigenvalue weighted by Gasteiger charge is -1.98. The summed E-state index contributed by atoms with van der Waals surface area (Å²) in [7, 11) is 0. The molecule has 3 nitrogen and oxygen atoms in total. The third kappa shape index (κ3) is 3.95. The Balaban J connectivity index is 2.69.